The Morgan fingerprint density at radius 1 is 1.12 bits per heavy atom. The number of hydrogen-bond acceptors (Lipinski definition) is 4. The fraction of sp³-hybridized carbons (Fsp3) is 0.118. The average molecular weight is 340 g/mol. The van der Waals surface area contributed by atoms with Gasteiger partial charge in [0.1, 0.15) is 0 Å². The van der Waals surface area contributed by atoms with Crippen molar-refractivity contribution in [1.82, 2.24) is 19.2 Å². The second-order valence-electron chi connectivity index (χ2n) is 5.50. The Labute approximate surface area is 142 Å². The van der Waals surface area contributed by atoms with Crippen molar-refractivity contribution in [2.45, 2.75) is 6.54 Å². The molecule has 0 aliphatic carbocycles. The quantitative estimate of drug-likeness (QED) is 0.623. The molecule has 0 aliphatic heterocycles. The summed E-state index contributed by atoms with van der Waals surface area (Å²) >= 11 is 6.01. The van der Waals surface area contributed by atoms with Gasteiger partial charge < -0.3 is 5.32 Å². The highest BCUT2D eigenvalue weighted by molar-refractivity contribution is 6.30. The molecule has 0 radical (unpaired) electrons. The van der Waals surface area contributed by atoms with Gasteiger partial charge in [-0.15, -0.1) is 10.2 Å². The summed E-state index contributed by atoms with van der Waals surface area (Å²) in [6, 6.07) is 14.9. The van der Waals surface area contributed by atoms with Crippen molar-refractivity contribution in [3.05, 3.63) is 69.7 Å². The molecule has 24 heavy (non-hydrogen) atoms. The van der Waals surface area contributed by atoms with E-state index in [4.69, 9.17) is 11.6 Å². The number of benzene rings is 2. The zero-order chi connectivity index (χ0) is 16.7. The smallest absolute Gasteiger partial charge is 0.262 e. The second-order valence-corrected chi connectivity index (χ2v) is 5.93. The average Bonchev–Trinajstić information content (AvgIpc) is 3.02. The molecule has 0 atom stereocenters. The van der Waals surface area contributed by atoms with Crippen LogP contribution in [0.25, 0.3) is 16.7 Å². The minimum Gasteiger partial charge on any atom is -0.378 e. The van der Waals surface area contributed by atoms with E-state index in [9.17, 15) is 4.79 Å². The van der Waals surface area contributed by atoms with Crippen LogP contribution >= 0.6 is 11.6 Å². The molecule has 120 valence electrons. The number of halogens is 1. The molecule has 2 aromatic carbocycles. The molecule has 0 saturated carbocycles. The first kappa shape index (κ1) is 14.7. The lowest BCUT2D eigenvalue weighted by Crippen LogP contribution is -2.20. The summed E-state index contributed by atoms with van der Waals surface area (Å²) in [5.41, 5.74) is 1.61. The third kappa shape index (κ3) is 2.32. The van der Waals surface area contributed by atoms with Gasteiger partial charge in [-0.1, -0.05) is 29.8 Å². The van der Waals surface area contributed by atoms with Crippen LogP contribution in [0.15, 0.2) is 53.3 Å². The van der Waals surface area contributed by atoms with Crippen molar-refractivity contribution in [3.63, 3.8) is 0 Å². The normalized spacial score (nSPS) is 11.2. The monoisotopic (exact) mass is 339 g/mol. The molecule has 4 aromatic rings. The minimum absolute atomic E-state index is 0.0835. The number of para-hydroxylation sites is 1. The van der Waals surface area contributed by atoms with Crippen molar-refractivity contribution in [2.75, 3.05) is 5.32 Å². The van der Waals surface area contributed by atoms with Crippen molar-refractivity contribution >= 4 is 34.0 Å². The van der Waals surface area contributed by atoms with Crippen LogP contribution in [-0.4, -0.2) is 19.2 Å². The lowest BCUT2D eigenvalue weighted by atomic mass is 10.2. The molecule has 0 aliphatic rings. The molecule has 0 amide bonds. The Morgan fingerprint density at radius 2 is 1.96 bits per heavy atom. The summed E-state index contributed by atoms with van der Waals surface area (Å²) in [7, 11) is 1.70. The molecule has 2 heterocycles. The summed E-state index contributed by atoms with van der Waals surface area (Å²) in [6.07, 6.45) is 0. The van der Waals surface area contributed by atoms with Crippen LogP contribution in [0.3, 0.4) is 0 Å². The van der Waals surface area contributed by atoms with Crippen LogP contribution in [0.2, 0.25) is 5.02 Å². The van der Waals surface area contributed by atoms with Crippen LogP contribution < -0.4 is 10.9 Å². The molecule has 0 saturated heterocycles. The molecule has 0 spiro atoms. The van der Waals surface area contributed by atoms with Crippen molar-refractivity contribution in [2.24, 2.45) is 7.05 Å². The highest BCUT2D eigenvalue weighted by Crippen LogP contribution is 2.17. The molecule has 2 aromatic heterocycles. The molecular weight excluding hydrogens is 326 g/mol. The number of anilines is 1. The number of rotatable bonds is 3. The molecule has 0 unspecified atom stereocenters. The van der Waals surface area contributed by atoms with Gasteiger partial charge in [-0.2, -0.15) is 0 Å². The van der Waals surface area contributed by atoms with E-state index in [1.807, 2.05) is 52.9 Å². The molecule has 6 nitrogen and oxygen atoms in total. The lowest BCUT2D eigenvalue weighted by molar-refractivity contribution is 0.855. The largest absolute Gasteiger partial charge is 0.378 e. The molecule has 1 N–H and O–H groups in total. The van der Waals surface area contributed by atoms with Gasteiger partial charge in [-0.25, -0.2) is 0 Å². The van der Waals surface area contributed by atoms with Crippen molar-refractivity contribution < 1.29 is 0 Å². The standard InChI is InChI=1S/C17H14ClN5O/c1-22-16(24)13-7-2-3-8-14(13)23-15(20-21-17(22)23)10-19-12-6-4-5-11(18)9-12/h2-9,19H,10H2,1H3. The highest BCUT2D eigenvalue weighted by atomic mass is 35.5. The van der Waals surface area contributed by atoms with Gasteiger partial charge in [0.2, 0.25) is 5.78 Å². The third-order valence-electron chi connectivity index (χ3n) is 3.97. The maximum Gasteiger partial charge on any atom is 0.262 e. The van der Waals surface area contributed by atoms with Gasteiger partial charge in [0.05, 0.1) is 17.4 Å². The Morgan fingerprint density at radius 3 is 2.79 bits per heavy atom. The molecule has 7 heteroatoms. The Hall–Kier alpha value is -2.86. The number of fused-ring (bicyclic) bond motifs is 3. The number of hydrogen-bond donors (Lipinski definition) is 1. The fourth-order valence-corrected chi connectivity index (χ4v) is 2.98. The summed E-state index contributed by atoms with van der Waals surface area (Å²) in [5, 5.41) is 13.0. The van der Waals surface area contributed by atoms with Crippen LogP contribution in [0, 0.1) is 0 Å². The summed E-state index contributed by atoms with van der Waals surface area (Å²) in [5.74, 6) is 1.23. The number of aryl methyl sites for hydroxylation is 1. The number of aromatic nitrogens is 4. The van der Waals surface area contributed by atoms with E-state index in [0.29, 0.717) is 22.7 Å². The zero-order valence-corrected chi connectivity index (χ0v) is 13.7. The summed E-state index contributed by atoms with van der Waals surface area (Å²) < 4.78 is 3.41. The van der Waals surface area contributed by atoms with E-state index in [0.717, 1.165) is 17.0 Å². The Bertz CT molecular complexity index is 1120. The van der Waals surface area contributed by atoms with Crippen molar-refractivity contribution in [1.29, 1.82) is 0 Å². The van der Waals surface area contributed by atoms with Gasteiger partial charge in [0.15, 0.2) is 5.82 Å². The van der Waals surface area contributed by atoms with E-state index in [1.165, 1.54) is 4.57 Å². The van der Waals surface area contributed by atoms with E-state index < -0.39 is 0 Å². The van der Waals surface area contributed by atoms with E-state index in [2.05, 4.69) is 15.5 Å². The van der Waals surface area contributed by atoms with Gasteiger partial charge in [-0.05, 0) is 30.3 Å². The fourth-order valence-electron chi connectivity index (χ4n) is 2.79. The van der Waals surface area contributed by atoms with Gasteiger partial charge >= 0.3 is 0 Å². The van der Waals surface area contributed by atoms with Gasteiger partial charge in [-0.3, -0.25) is 13.8 Å². The molecule has 0 fully saturated rings. The van der Waals surface area contributed by atoms with Crippen LogP contribution in [0.1, 0.15) is 5.82 Å². The van der Waals surface area contributed by atoms with Crippen molar-refractivity contribution in [3.8, 4) is 0 Å². The Balaban J connectivity index is 1.83. The number of nitrogens with one attached hydrogen (secondary N) is 1. The molecular formula is C17H14ClN5O. The summed E-state index contributed by atoms with van der Waals surface area (Å²) in [6.45, 7) is 0.462. The van der Waals surface area contributed by atoms with E-state index in [-0.39, 0.29) is 5.56 Å². The highest BCUT2D eigenvalue weighted by Gasteiger charge is 2.14. The maximum absolute atomic E-state index is 12.4. The first-order valence-corrected chi connectivity index (χ1v) is 7.84. The van der Waals surface area contributed by atoms with E-state index >= 15 is 0 Å². The van der Waals surface area contributed by atoms with Crippen LogP contribution in [0.4, 0.5) is 5.69 Å². The van der Waals surface area contributed by atoms with Crippen LogP contribution in [-0.2, 0) is 13.6 Å². The number of nitrogens with zero attached hydrogens (tertiary/aromatic N) is 4. The van der Waals surface area contributed by atoms with Gasteiger partial charge in [0, 0.05) is 17.8 Å². The first-order valence-electron chi connectivity index (χ1n) is 7.46. The third-order valence-corrected chi connectivity index (χ3v) is 4.20. The lowest BCUT2D eigenvalue weighted by Gasteiger charge is -2.09. The SMILES string of the molecule is Cn1c(=O)c2ccccc2n2c(CNc3cccc(Cl)c3)nnc12. The maximum atomic E-state index is 12.4. The summed E-state index contributed by atoms with van der Waals surface area (Å²) in [4.78, 5) is 12.4. The van der Waals surface area contributed by atoms with Gasteiger partial charge in [0.25, 0.3) is 5.56 Å². The van der Waals surface area contributed by atoms with Crippen LogP contribution in [0.5, 0.6) is 0 Å². The second kappa shape index (κ2) is 5.65. The minimum atomic E-state index is -0.0835. The first-order chi connectivity index (χ1) is 11.6. The topological polar surface area (TPSA) is 64.2 Å². The predicted molar refractivity (Wildman–Crippen MR) is 94.5 cm³/mol. The van der Waals surface area contributed by atoms with E-state index in [1.54, 1.807) is 7.05 Å². The molecule has 0 bridgehead atoms. The Kier molecular flexibility index (Phi) is 3.46. The zero-order valence-electron chi connectivity index (χ0n) is 12.9. The predicted octanol–water partition coefficient (Wildman–Crippen LogP) is 2.85. The molecule has 4 rings (SSSR count).